The van der Waals surface area contributed by atoms with Gasteiger partial charge in [-0.15, -0.1) is 13.2 Å². The van der Waals surface area contributed by atoms with Crippen LogP contribution in [0.2, 0.25) is 0 Å². The molecule has 0 aliphatic heterocycles. The Morgan fingerprint density at radius 3 is 2.21 bits per heavy atom. The van der Waals surface area contributed by atoms with Crippen LogP contribution in [0.3, 0.4) is 0 Å². The molecule has 2 aromatic carbocycles. The number of hydrogen-bond donors (Lipinski definition) is 3. The highest BCUT2D eigenvalue weighted by molar-refractivity contribution is 5.97. The average Bonchev–Trinajstić information content (AvgIpc) is 2.60. The fraction of sp³-hybridized carbons (Fsp3) is 0.300. The normalized spacial score (nSPS) is 12.2. The van der Waals surface area contributed by atoms with Gasteiger partial charge in [0.2, 0.25) is 0 Å². The van der Waals surface area contributed by atoms with Crippen molar-refractivity contribution in [3.05, 3.63) is 59.7 Å². The third kappa shape index (κ3) is 7.36. The van der Waals surface area contributed by atoms with Gasteiger partial charge in [0.1, 0.15) is 5.75 Å². The van der Waals surface area contributed by atoms with Crippen molar-refractivity contribution in [1.29, 1.82) is 0 Å². The number of nitrogens with one attached hydrogen (secondary N) is 3. The highest BCUT2D eigenvalue weighted by Crippen LogP contribution is 2.24. The quantitative estimate of drug-likeness (QED) is 0.652. The fourth-order valence-electron chi connectivity index (χ4n) is 2.49. The minimum atomic E-state index is -4.76. The Kier molecular flexibility index (Phi) is 7.08. The van der Waals surface area contributed by atoms with Crippen LogP contribution in [0.1, 0.15) is 42.7 Å². The number of urea groups is 1. The maximum atomic E-state index is 12.5. The summed E-state index contributed by atoms with van der Waals surface area (Å²) in [5, 5.41) is 8.09. The second-order valence-corrected chi connectivity index (χ2v) is 6.65. The Morgan fingerprint density at radius 1 is 0.966 bits per heavy atom. The highest BCUT2D eigenvalue weighted by Gasteiger charge is 2.31. The first-order chi connectivity index (χ1) is 13.5. The lowest BCUT2D eigenvalue weighted by atomic mass is 10.1. The summed E-state index contributed by atoms with van der Waals surface area (Å²) >= 11 is 0. The number of alkyl halides is 3. The zero-order valence-corrected chi connectivity index (χ0v) is 16.1. The number of halogens is 3. The van der Waals surface area contributed by atoms with Gasteiger partial charge in [0.15, 0.2) is 0 Å². The molecule has 0 radical (unpaired) electrons. The first kappa shape index (κ1) is 22.1. The summed E-state index contributed by atoms with van der Waals surface area (Å²) in [6, 6.07) is 10.8. The van der Waals surface area contributed by atoms with E-state index in [1.807, 2.05) is 13.8 Å². The van der Waals surface area contributed by atoms with Gasteiger partial charge in [-0.3, -0.25) is 4.79 Å². The molecule has 0 aliphatic rings. The molecule has 0 saturated carbocycles. The second-order valence-electron chi connectivity index (χ2n) is 6.65. The van der Waals surface area contributed by atoms with E-state index >= 15 is 0 Å². The number of carbonyl (C=O) groups excluding carboxylic acids is 2. The van der Waals surface area contributed by atoms with Crippen molar-refractivity contribution >= 4 is 17.6 Å². The van der Waals surface area contributed by atoms with Crippen molar-refractivity contribution < 1.29 is 27.5 Å². The Bertz CT molecular complexity index is 852. The second kappa shape index (κ2) is 9.31. The van der Waals surface area contributed by atoms with E-state index in [1.165, 1.54) is 30.3 Å². The molecule has 1 atom stereocenters. The number of ether oxygens (including phenoxy) is 1. The van der Waals surface area contributed by atoms with Crippen LogP contribution in [0.15, 0.2) is 48.5 Å². The van der Waals surface area contributed by atoms with E-state index in [9.17, 15) is 22.8 Å². The predicted octanol–water partition coefficient (Wildman–Crippen LogP) is 4.61. The van der Waals surface area contributed by atoms with Gasteiger partial charge in [0.25, 0.3) is 5.91 Å². The lowest BCUT2D eigenvalue weighted by molar-refractivity contribution is -0.274. The van der Waals surface area contributed by atoms with Crippen LogP contribution in [0.25, 0.3) is 0 Å². The average molecular weight is 409 g/mol. The maximum Gasteiger partial charge on any atom is 0.573 e. The molecule has 6 nitrogen and oxygen atoms in total. The van der Waals surface area contributed by atoms with Crippen LogP contribution >= 0.6 is 0 Å². The molecule has 0 saturated heterocycles. The van der Waals surface area contributed by atoms with E-state index in [-0.39, 0.29) is 23.7 Å². The van der Waals surface area contributed by atoms with Gasteiger partial charge >= 0.3 is 12.4 Å². The van der Waals surface area contributed by atoms with Gasteiger partial charge in [-0.2, -0.15) is 0 Å². The lowest BCUT2D eigenvalue weighted by Crippen LogP contribution is -2.34. The molecule has 0 heterocycles. The SMILES string of the molecule is CC(C)NC(=O)Nc1cccc(C(=O)NC(C)c2ccc(OC(F)(F)F)cc2)c1. The van der Waals surface area contributed by atoms with Gasteiger partial charge < -0.3 is 20.7 Å². The Morgan fingerprint density at radius 2 is 1.62 bits per heavy atom. The summed E-state index contributed by atoms with van der Waals surface area (Å²) in [5.41, 5.74) is 1.40. The van der Waals surface area contributed by atoms with Crippen molar-refractivity contribution in [2.45, 2.75) is 39.2 Å². The molecular formula is C20H22F3N3O3. The molecule has 156 valence electrons. The summed E-state index contributed by atoms with van der Waals surface area (Å²) in [5.74, 6) is -0.723. The van der Waals surface area contributed by atoms with Crippen molar-refractivity contribution in [3.8, 4) is 5.75 Å². The minimum absolute atomic E-state index is 0.0322. The third-order valence-corrected chi connectivity index (χ3v) is 3.76. The zero-order valence-electron chi connectivity index (χ0n) is 16.1. The molecule has 0 aliphatic carbocycles. The first-order valence-electron chi connectivity index (χ1n) is 8.87. The number of anilines is 1. The molecule has 3 amide bonds. The fourth-order valence-corrected chi connectivity index (χ4v) is 2.49. The molecular weight excluding hydrogens is 387 g/mol. The molecule has 0 aromatic heterocycles. The van der Waals surface area contributed by atoms with E-state index in [4.69, 9.17) is 0 Å². The molecule has 29 heavy (non-hydrogen) atoms. The van der Waals surface area contributed by atoms with E-state index in [0.717, 1.165) is 0 Å². The molecule has 0 spiro atoms. The van der Waals surface area contributed by atoms with E-state index in [2.05, 4.69) is 20.7 Å². The molecule has 0 bridgehead atoms. The van der Waals surface area contributed by atoms with E-state index in [0.29, 0.717) is 16.8 Å². The van der Waals surface area contributed by atoms with Gasteiger partial charge in [-0.25, -0.2) is 4.79 Å². The molecule has 0 fully saturated rings. The summed E-state index contributed by atoms with van der Waals surface area (Å²) in [6.07, 6.45) is -4.76. The monoisotopic (exact) mass is 409 g/mol. The first-order valence-corrected chi connectivity index (χ1v) is 8.87. The standard InChI is InChI=1S/C20H22F3N3O3/c1-12(2)24-19(28)26-16-6-4-5-15(11-16)18(27)25-13(3)14-7-9-17(10-8-14)29-20(21,22)23/h4-13H,1-3H3,(H,25,27)(H2,24,26,28). The minimum Gasteiger partial charge on any atom is -0.406 e. The smallest absolute Gasteiger partial charge is 0.406 e. The van der Waals surface area contributed by atoms with Gasteiger partial charge in [-0.05, 0) is 56.7 Å². The Hall–Kier alpha value is -3.23. The topological polar surface area (TPSA) is 79.5 Å². The third-order valence-electron chi connectivity index (χ3n) is 3.76. The molecule has 1 unspecified atom stereocenters. The van der Waals surface area contributed by atoms with Crippen molar-refractivity contribution in [2.75, 3.05) is 5.32 Å². The van der Waals surface area contributed by atoms with Gasteiger partial charge in [0.05, 0.1) is 6.04 Å². The number of benzene rings is 2. The van der Waals surface area contributed by atoms with Crippen LogP contribution in [0.4, 0.5) is 23.7 Å². The highest BCUT2D eigenvalue weighted by atomic mass is 19.4. The maximum absolute atomic E-state index is 12.5. The van der Waals surface area contributed by atoms with Crippen molar-refractivity contribution in [1.82, 2.24) is 10.6 Å². The Balaban J connectivity index is 2.00. The summed E-state index contributed by atoms with van der Waals surface area (Å²) < 4.78 is 40.5. The molecule has 2 aromatic rings. The number of hydrogen-bond acceptors (Lipinski definition) is 3. The molecule has 3 N–H and O–H groups in total. The zero-order chi connectivity index (χ0) is 21.6. The summed E-state index contributed by atoms with van der Waals surface area (Å²) in [7, 11) is 0. The molecule has 9 heteroatoms. The number of carbonyl (C=O) groups is 2. The van der Waals surface area contributed by atoms with Crippen molar-refractivity contribution in [3.63, 3.8) is 0 Å². The van der Waals surface area contributed by atoms with E-state index < -0.39 is 12.4 Å². The lowest BCUT2D eigenvalue weighted by Gasteiger charge is -2.16. The van der Waals surface area contributed by atoms with Gasteiger partial charge in [0, 0.05) is 17.3 Å². The van der Waals surface area contributed by atoms with Crippen LogP contribution < -0.4 is 20.7 Å². The Labute approximate surface area is 166 Å². The van der Waals surface area contributed by atoms with Crippen LogP contribution in [0.5, 0.6) is 5.75 Å². The van der Waals surface area contributed by atoms with E-state index in [1.54, 1.807) is 25.1 Å². The summed E-state index contributed by atoms with van der Waals surface area (Å²) in [6.45, 7) is 5.36. The predicted molar refractivity (Wildman–Crippen MR) is 103 cm³/mol. The number of rotatable bonds is 6. The largest absolute Gasteiger partial charge is 0.573 e. The summed E-state index contributed by atoms with van der Waals surface area (Å²) in [4.78, 5) is 24.3. The van der Waals surface area contributed by atoms with Crippen molar-refractivity contribution in [2.24, 2.45) is 0 Å². The van der Waals surface area contributed by atoms with Crippen LogP contribution in [-0.4, -0.2) is 24.3 Å². The van der Waals surface area contributed by atoms with Crippen LogP contribution in [0, 0.1) is 0 Å². The molecule has 2 rings (SSSR count). The number of amides is 3. The van der Waals surface area contributed by atoms with Gasteiger partial charge in [-0.1, -0.05) is 18.2 Å². The van der Waals surface area contributed by atoms with Crippen LogP contribution in [-0.2, 0) is 0 Å².